The number of carbonyl (C=O) groups excluding carboxylic acids is 1. The molecule has 0 radical (unpaired) electrons. The monoisotopic (exact) mass is 290 g/mol. The highest BCUT2D eigenvalue weighted by Crippen LogP contribution is 2.27. The van der Waals surface area contributed by atoms with E-state index >= 15 is 0 Å². The molecule has 104 valence electrons. The normalized spacial score (nSPS) is 10.2. The first-order valence-corrected chi connectivity index (χ1v) is 6.40. The number of amides is 1. The van der Waals surface area contributed by atoms with Crippen LogP contribution in [0.25, 0.3) is 0 Å². The van der Waals surface area contributed by atoms with E-state index in [1.54, 1.807) is 30.3 Å². The summed E-state index contributed by atoms with van der Waals surface area (Å²) in [6, 6.07) is 10.3. The quantitative estimate of drug-likeness (QED) is 0.851. The average molecular weight is 291 g/mol. The van der Waals surface area contributed by atoms with Gasteiger partial charge in [0.15, 0.2) is 0 Å². The van der Waals surface area contributed by atoms with E-state index < -0.39 is 0 Å². The lowest BCUT2D eigenvalue weighted by Gasteiger charge is -2.10. The van der Waals surface area contributed by atoms with Crippen LogP contribution < -0.4 is 15.8 Å². The number of carbonyl (C=O) groups is 1. The predicted molar refractivity (Wildman–Crippen MR) is 81.5 cm³/mol. The van der Waals surface area contributed by atoms with Crippen molar-refractivity contribution in [3.8, 4) is 5.75 Å². The van der Waals surface area contributed by atoms with E-state index in [1.165, 1.54) is 7.11 Å². The Hall–Kier alpha value is -2.20. The zero-order chi connectivity index (χ0) is 14.7. The van der Waals surface area contributed by atoms with Gasteiger partial charge in [-0.1, -0.05) is 17.7 Å². The van der Waals surface area contributed by atoms with E-state index in [0.717, 1.165) is 5.56 Å². The number of ether oxygens (including phenoxy) is 1. The van der Waals surface area contributed by atoms with Crippen molar-refractivity contribution in [2.75, 3.05) is 18.2 Å². The Kier molecular flexibility index (Phi) is 4.15. The van der Waals surface area contributed by atoms with E-state index in [2.05, 4.69) is 5.32 Å². The number of halogens is 1. The Morgan fingerprint density at radius 1 is 1.25 bits per heavy atom. The van der Waals surface area contributed by atoms with Crippen molar-refractivity contribution in [3.63, 3.8) is 0 Å². The molecule has 0 heterocycles. The highest BCUT2D eigenvalue weighted by molar-refractivity contribution is 6.32. The number of hydrogen-bond acceptors (Lipinski definition) is 3. The summed E-state index contributed by atoms with van der Waals surface area (Å²) in [5.74, 6) is 0.230. The van der Waals surface area contributed by atoms with Crippen LogP contribution >= 0.6 is 11.6 Å². The van der Waals surface area contributed by atoms with Gasteiger partial charge in [0, 0.05) is 17.4 Å². The third kappa shape index (κ3) is 3.03. The van der Waals surface area contributed by atoms with Crippen molar-refractivity contribution in [1.29, 1.82) is 0 Å². The molecule has 2 aromatic rings. The zero-order valence-electron chi connectivity index (χ0n) is 11.2. The first-order valence-electron chi connectivity index (χ1n) is 6.02. The van der Waals surface area contributed by atoms with Crippen LogP contribution in [0.4, 0.5) is 11.4 Å². The first-order chi connectivity index (χ1) is 9.51. The summed E-state index contributed by atoms with van der Waals surface area (Å²) in [4.78, 5) is 12.2. The number of benzene rings is 2. The van der Waals surface area contributed by atoms with E-state index in [-0.39, 0.29) is 5.91 Å². The Labute approximate surface area is 122 Å². The van der Waals surface area contributed by atoms with Crippen LogP contribution in [0.3, 0.4) is 0 Å². The van der Waals surface area contributed by atoms with Gasteiger partial charge in [0.1, 0.15) is 5.75 Å². The van der Waals surface area contributed by atoms with Crippen LogP contribution in [-0.4, -0.2) is 13.0 Å². The number of anilines is 2. The second-order valence-corrected chi connectivity index (χ2v) is 4.80. The molecule has 0 atom stereocenters. The van der Waals surface area contributed by atoms with E-state index in [9.17, 15) is 4.79 Å². The third-order valence-electron chi connectivity index (χ3n) is 2.86. The summed E-state index contributed by atoms with van der Waals surface area (Å²) < 4.78 is 5.10. The smallest absolute Gasteiger partial charge is 0.257 e. The Morgan fingerprint density at radius 2 is 2.00 bits per heavy atom. The number of nitrogen functional groups attached to an aromatic ring is 1. The van der Waals surface area contributed by atoms with Gasteiger partial charge in [0.05, 0.1) is 17.7 Å². The molecule has 20 heavy (non-hydrogen) atoms. The molecule has 0 unspecified atom stereocenters. The number of methoxy groups -OCH3 is 1. The summed E-state index contributed by atoms with van der Waals surface area (Å²) >= 11 is 5.93. The van der Waals surface area contributed by atoms with Crippen molar-refractivity contribution in [2.45, 2.75) is 6.92 Å². The number of nitrogens with two attached hydrogens (primary N) is 1. The first kappa shape index (κ1) is 14.2. The molecule has 2 rings (SSSR count). The molecular weight excluding hydrogens is 276 g/mol. The topological polar surface area (TPSA) is 64.3 Å². The fraction of sp³-hybridized carbons (Fsp3) is 0.133. The lowest BCUT2D eigenvalue weighted by Crippen LogP contribution is -2.14. The summed E-state index contributed by atoms with van der Waals surface area (Å²) in [6.45, 7) is 1.92. The highest BCUT2D eigenvalue weighted by atomic mass is 35.5. The summed E-state index contributed by atoms with van der Waals surface area (Å²) in [5, 5.41) is 3.25. The minimum absolute atomic E-state index is 0.271. The number of nitrogens with one attached hydrogen (secondary N) is 1. The maximum atomic E-state index is 12.2. The number of aryl methyl sites for hydroxylation is 1. The molecule has 4 nitrogen and oxygen atoms in total. The lowest BCUT2D eigenvalue weighted by molar-refractivity contribution is 0.102. The molecule has 0 fully saturated rings. The van der Waals surface area contributed by atoms with Gasteiger partial charge in [-0.3, -0.25) is 4.79 Å². The molecule has 0 bridgehead atoms. The maximum absolute atomic E-state index is 12.2. The fourth-order valence-corrected chi connectivity index (χ4v) is 2.02. The molecule has 0 spiro atoms. The predicted octanol–water partition coefficient (Wildman–Crippen LogP) is 3.49. The average Bonchev–Trinajstić information content (AvgIpc) is 2.40. The van der Waals surface area contributed by atoms with E-state index in [1.807, 2.05) is 13.0 Å². The van der Waals surface area contributed by atoms with Crippen molar-refractivity contribution in [2.24, 2.45) is 0 Å². The molecule has 2 aromatic carbocycles. The SMILES string of the molecule is COc1cc(NC(=O)c2ccc(C)cc2N)ccc1Cl. The molecule has 1 amide bonds. The van der Waals surface area contributed by atoms with Crippen molar-refractivity contribution >= 4 is 28.9 Å². The summed E-state index contributed by atoms with van der Waals surface area (Å²) in [7, 11) is 1.52. The zero-order valence-corrected chi connectivity index (χ0v) is 12.0. The lowest BCUT2D eigenvalue weighted by atomic mass is 10.1. The van der Waals surface area contributed by atoms with Crippen molar-refractivity contribution < 1.29 is 9.53 Å². The van der Waals surface area contributed by atoms with Crippen LogP contribution in [0.2, 0.25) is 5.02 Å². The molecule has 0 saturated heterocycles. The molecular formula is C15H15ClN2O2. The third-order valence-corrected chi connectivity index (χ3v) is 3.17. The Balaban J connectivity index is 2.23. The minimum Gasteiger partial charge on any atom is -0.495 e. The van der Waals surface area contributed by atoms with Gasteiger partial charge in [-0.05, 0) is 36.8 Å². The van der Waals surface area contributed by atoms with Crippen LogP contribution in [0.5, 0.6) is 5.75 Å². The molecule has 0 aliphatic carbocycles. The maximum Gasteiger partial charge on any atom is 0.257 e. The van der Waals surface area contributed by atoms with Crippen LogP contribution in [0.15, 0.2) is 36.4 Å². The van der Waals surface area contributed by atoms with E-state index in [0.29, 0.717) is 27.7 Å². The summed E-state index contributed by atoms with van der Waals surface area (Å²) in [6.07, 6.45) is 0. The summed E-state index contributed by atoms with van der Waals surface area (Å²) in [5.41, 5.74) is 8.33. The van der Waals surface area contributed by atoms with Gasteiger partial charge in [-0.2, -0.15) is 0 Å². The van der Waals surface area contributed by atoms with Gasteiger partial charge in [-0.25, -0.2) is 0 Å². The Bertz CT molecular complexity index is 656. The van der Waals surface area contributed by atoms with Gasteiger partial charge in [0.25, 0.3) is 5.91 Å². The van der Waals surface area contributed by atoms with Crippen LogP contribution in [0, 0.1) is 6.92 Å². The van der Waals surface area contributed by atoms with Crippen LogP contribution in [0.1, 0.15) is 15.9 Å². The molecule has 0 saturated carbocycles. The second-order valence-electron chi connectivity index (χ2n) is 4.39. The number of rotatable bonds is 3. The Morgan fingerprint density at radius 3 is 2.65 bits per heavy atom. The molecule has 0 aliphatic heterocycles. The molecule has 0 aromatic heterocycles. The fourth-order valence-electron chi connectivity index (χ4n) is 1.82. The van der Waals surface area contributed by atoms with E-state index in [4.69, 9.17) is 22.1 Å². The van der Waals surface area contributed by atoms with Crippen molar-refractivity contribution in [1.82, 2.24) is 0 Å². The van der Waals surface area contributed by atoms with Gasteiger partial charge in [-0.15, -0.1) is 0 Å². The molecule has 5 heteroatoms. The second kappa shape index (κ2) is 5.84. The highest BCUT2D eigenvalue weighted by Gasteiger charge is 2.11. The molecule has 0 aliphatic rings. The standard InChI is InChI=1S/C15H15ClN2O2/c1-9-3-5-11(13(17)7-9)15(19)18-10-4-6-12(16)14(8-10)20-2/h3-8H,17H2,1-2H3,(H,18,19). The largest absolute Gasteiger partial charge is 0.495 e. The molecule has 3 N–H and O–H groups in total. The van der Waals surface area contributed by atoms with Crippen LogP contribution in [-0.2, 0) is 0 Å². The van der Waals surface area contributed by atoms with Crippen molar-refractivity contribution in [3.05, 3.63) is 52.5 Å². The number of hydrogen-bond donors (Lipinski definition) is 2. The minimum atomic E-state index is -0.271. The van der Waals surface area contributed by atoms with Gasteiger partial charge in [0.2, 0.25) is 0 Å². The van der Waals surface area contributed by atoms with Gasteiger partial charge >= 0.3 is 0 Å². The van der Waals surface area contributed by atoms with Gasteiger partial charge < -0.3 is 15.8 Å².